The summed E-state index contributed by atoms with van der Waals surface area (Å²) < 4.78 is 5.06. The summed E-state index contributed by atoms with van der Waals surface area (Å²) in [6.45, 7) is 9.23. The van der Waals surface area contributed by atoms with Crippen molar-refractivity contribution in [2.24, 2.45) is 0 Å². The highest BCUT2D eigenvalue weighted by Crippen LogP contribution is 2.23. The second-order valence-corrected chi connectivity index (χ2v) is 6.00. The first-order chi connectivity index (χ1) is 11.2. The van der Waals surface area contributed by atoms with Gasteiger partial charge in [-0.15, -0.1) is 0 Å². The lowest BCUT2D eigenvalue weighted by Crippen LogP contribution is -2.49. The number of aryl methyl sites for hydroxylation is 1. The van der Waals surface area contributed by atoms with Crippen LogP contribution in [-0.2, 0) is 4.74 Å². The summed E-state index contributed by atoms with van der Waals surface area (Å²) >= 11 is 0. The number of carbonyl (C=O) groups is 1. The van der Waals surface area contributed by atoms with Crippen LogP contribution < -0.4 is 9.80 Å². The number of amides is 1. The molecule has 0 unspecified atom stereocenters. The van der Waals surface area contributed by atoms with Gasteiger partial charge in [-0.1, -0.05) is 0 Å². The van der Waals surface area contributed by atoms with E-state index in [0.29, 0.717) is 19.7 Å². The fraction of sp³-hybridized carbons (Fsp3) is 0.688. The van der Waals surface area contributed by atoms with Crippen LogP contribution in [0.3, 0.4) is 0 Å². The van der Waals surface area contributed by atoms with Crippen LogP contribution in [0.1, 0.15) is 25.6 Å². The third-order valence-corrected chi connectivity index (χ3v) is 4.37. The van der Waals surface area contributed by atoms with E-state index in [-0.39, 0.29) is 6.09 Å². The van der Waals surface area contributed by atoms with Gasteiger partial charge in [-0.2, -0.15) is 0 Å². The number of anilines is 2. The third kappa shape index (κ3) is 3.65. The second-order valence-electron chi connectivity index (χ2n) is 6.00. The molecule has 0 bridgehead atoms. The first kappa shape index (κ1) is 15.8. The van der Waals surface area contributed by atoms with Crippen LogP contribution in [0.25, 0.3) is 0 Å². The molecule has 2 aliphatic heterocycles. The molecule has 0 spiro atoms. The second kappa shape index (κ2) is 7.02. The molecule has 3 heterocycles. The van der Waals surface area contributed by atoms with Gasteiger partial charge in [-0.3, -0.25) is 0 Å². The van der Waals surface area contributed by atoms with Crippen LogP contribution in [0.5, 0.6) is 0 Å². The van der Waals surface area contributed by atoms with Gasteiger partial charge in [-0.05, 0) is 26.7 Å². The number of aromatic nitrogens is 2. The lowest BCUT2D eigenvalue weighted by atomic mass is 10.3. The topological polar surface area (TPSA) is 61.8 Å². The zero-order valence-corrected chi connectivity index (χ0v) is 14.0. The zero-order chi connectivity index (χ0) is 16.2. The van der Waals surface area contributed by atoms with E-state index < -0.39 is 0 Å². The Morgan fingerprint density at radius 3 is 2.17 bits per heavy atom. The summed E-state index contributed by atoms with van der Waals surface area (Å²) in [4.78, 5) is 27.3. The molecule has 126 valence electrons. The van der Waals surface area contributed by atoms with Crippen molar-refractivity contribution in [2.45, 2.75) is 26.7 Å². The molecule has 1 aromatic rings. The molecule has 2 fully saturated rings. The van der Waals surface area contributed by atoms with E-state index in [2.05, 4.69) is 25.8 Å². The molecule has 1 aromatic heterocycles. The number of hydrogen-bond donors (Lipinski definition) is 0. The van der Waals surface area contributed by atoms with Crippen molar-refractivity contribution < 1.29 is 9.53 Å². The average molecular weight is 319 g/mol. The average Bonchev–Trinajstić information content (AvgIpc) is 3.09. The van der Waals surface area contributed by atoms with E-state index in [9.17, 15) is 4.79 Å². The molecule has 7 heteroatoms. The summed E-state index contributed by atoms with van der Waals surface area (Å²) in [6.07, 6.45) is 2.25. The van der Waals surface area contributed by atoms with Gasteiger partial charge in [0.15, 0.2) is 0 Å². The maximum absolute atomic E-state index is 11.8. The van der Waals surface area contributed by atoms with E-state index in [1.807, 2.05) is 13.8 Å². The molecule has 0 aromatic carbocycles. The highest BCUT2D eigenvalue weighted by molar-refractivity contribution is 5.68. The Balaban J connectivity index is 1.67. The van der Waals surface area contributed by atoms with Crippen molar-refractivity contribution in [3.63, 3.8) is 0 Å². The Morgan fingerprint density at radius 2 is 1.61 bits per heavy atom. The summed E-state index contributed by atoms with van der Waals surface area (Å²) in [5.41, 5.74) is 0. The number of hydrogen-bond acceptors (Lipinski definition) is 6. The normalized spacial score (nSPS) is 18.4. The minimum atomic E-state index is -0.219. The molecular weight excluding hydrogens is 294 g/mol. The molecule has 0 radical (unpaired) electrons. The zero-order valence-electron chi connectivity index (χ0n) is 14.0. The predicted octanol–water partition coefficient (Wildman–Crippen LogP) is 1.66. The lowest BCUT2D eigenvalue weighted by Gasteiger charge is -2.35. The minimum absolute atomic E-state index is 0.219. The van der Waals surface area contributed by atoms with E-state index in [4.69, 9.17) is 4.74 Å². The Hall–Kier alpha value is -2.05. The van der Waals surface area contributed by atoms with Gasteiger partial charge < -0.3 is 19.4 Å². The van der Waals surface area contributed by atoms with Gasteiger partial charge in [0.25, 0.3) is 0 Å². The summed E-state index contributed by atoms with van der Waals surface area (Å²) in [6, 6.07) is 2.08. The molecule has 2 aliphatic rings. The molecule has 3 rings (SSSR count). The molecule has 0 saturated carbocycles. The van der Waals surface area contributed by atoms with Crippen molar-refractivity contribution in [3.8, 4) is 0 Å². The summed E-state index contributed by atoms with van der Waals surface area (Å²) in [5, 5.41) is 0. The van der Waals surface area contributed by atoms with Crippen LogP contribution in [0.4, 0.5) is 16.4 Å². The van der Waals surface area contributed by atoms with Crippen LogP contribution in [0.15, 0.2) is 6.07 Å². The van der Waals surface area contributed by atoms with Crippen molar-refractivity contribution in [1.82, 2.24) is 14.9 Å². The fourth-order valence-electron chi connectivity index (χ4n) is 3.14. The Labute approximate surface area is 137 Å². The molecule has 0 N–H and O–H groups in total. The van der Waals surface area contributed by atoms with Crippen molar-refractivity contribution in [1.29, 1.82) is 0 Å². The van der Waals surface area contributed by atoms with E-state index in [0.717, 1.165) is 43.6 Å². The van der Waals surface area contributed by atoms with E-state index >= 15 is 0 Å². The Kier molecular flexibility index (Phi) is 4.83. The maximum atomic E-state index is 11.8. The third-order valence-electron chi connectivity index (χ3n) is 4.37. The number of rotatable bonds is 3. The lowest BCUT2D eigenvalue weighted by molar-refractivity contribution is 0.105. The fourth-order valence-corrected chi connectivity index (χ4v) is 3.14. The monoisotopic (exact) mass is 319 g/mol. The van der Waals surface area contributed by atoms with Gasteiger partial charge in [-0.25, -0.2) is 14.8 Å². The summed E-state index contributed by atoms with van der Waals surface area (Å²) in [7, 11) is 0. The highest BCUT2D eigenvalue weighted by atomic mass is 16.6. The number of carbonyl (C=O) groups excluding carboxylic acids is 1. The minimum Gasteiger partial charge on any atom is -0.450 e. The van der Waals surface area contributed by atoms with Gasteiger partial charge in [0.2, 0.25) is 0 Å². The predicted molar refractivity (Wildman–Crippen MR) is 89.0 cm³/mol. The van der Waals surface area contributed by atoms with Gasteiger partial charge in [0.1, 0.15) is 17.5 Å². The largest absolute Gasteiger partial charge is 0.450 e. The Bertz CT molecular complexity index is 551. The number of nitrogens with zero attached hydrogens (tertiary/aromatic N) is 5. The first-order valence-corrected chi connectivity index (χ1v) is 8.44. The molecule has 23 heavy (non-hydrogen) atoms. The van der Waals surface area contributed by atoms with Crippen LogP contribution in [0.2, 0.25) is 0 Å². The standard InChI is InChI=1S/C16H25N5O2/c1-3-23-16(22)21-10-8-20(9-11-21)15-12-14(17-13(2)18-15)19-6-4-5-7-19/h12H,3-11H2,1-2H3. The SMILES string of the molecule is CCOC(=O)N1CCN(c2cc(N3CCCC3)nc(C)n2)CC1. The van der Waals surface area contributed by atoms with E-state index in [1.165, 1.54) is 12.8 Å². The van der Waals surface area contributed by atoms with Crippen LogP contribution in [-0.4, -0.2) is 66.8 Å². The van der Waals surface area contributed by atoms with Crippen LogP contribution in [0, 0.1) is 6.92 Å². The molecule has 2 saturated heterocycles. The number of piperazine rings is 1. The van der Waals surface area contributed by atoms with Crippen molar-refractivity contribution >= 4 is 17.7 Å². The quantitative estimate of drug-likeness (QED) is 0.844. The van der Waals surface area contributed by atoms with Crippen molar-refractivity contribution in [2.75, 3.05) is 55.7 Å². The summed E-state index contributed by atoms with van der Waals surface area (Å²) in [5.74, 6) is 2.79. The number of ether oxygens (including phenoxy) is 1. The van der Waals surface area contributed by atoms with Gasteiger partial charge >= 0.3 is 6.09 Å². The molecule has 0 atom stereocenters. The Morgan fingerprint density at radius 1 is 1.04 bits per heavy atom. The maximum Gasteiger partial charge on any atom is 0.409 e. The molecule has 7 nitrogen and oxygen atoms in total. The van der Waals surface area contributed by atoms with Crippen LogP contribution >= 0.6 is 0 Å². The molecular formula is C16H25N5O2. The molecule has 0 aliphatic carbocycles. The smallest absolute Gasteiger partial charge is 0.409 e. The van der Waals surface area contributed by atoms with Gasteiger partial charge in [0.05, 0.1) is 6.61 Å². The van der Waals surface area contributed by atoms with Gasteiger partial charge in [0, 0.05) is 45.3 Å². The van der Waals surface area contributed by atoms with Crippen molar-refractivity contribution in [3.05, 3.63) is 11.9 Å². The first-order valence-electron chi connectivity index (χ1n) is 8.44. The van der Waals surface area contributed by atoms with E-state index in [1.54, 1.807) is 4.90 Å². The molecule has 1 amide bonds. The highest BCUT2D eigenvalue weighted by Gasteiger charge is 2.24.